The third kappa shape index (κ3) is 3.71. The Labute approximate surface area is 164 Å². The molecule has 1 aromatic carbocycles. The van der Waals surface area contributed by atoms with Crippen LogP contribution in [-0.2, 0) is 0 Å². The van der Waals surface area contributed by atoms with Crippen LogP contribution in [0.3, 0.4) is 0 Å². The van der Waals surface area contributed by atoms with Crippen molar-refractivity contribution in [2.75, 3.05) is 31.1 Å². The molecule has 1 aliphatic rings. The van der Waals surface area contributed by atoms with Gasteiger partial charge in [0, 0.05) is 43.5 Å². The molecule has 0 saturated carbocycles. The highest BCUT2D eigenvalue weighted by atomic mass is 15.4. The van der Waals surface area contributed by atoms with E-state index in [0.717, 1.165) is 54.3 Å². The first-order valence-electron chi connectivity index (χ1n) is 9.26. The van der Waals surface area contributed by atoms with Gasteiger partial charge in [-0.25, -0.2) is 9.98 Å². The van der Waals surface area contributed by atoms with Crippen LogP contribution in [0.2, 0.25) is 0 Å². The maximum absolute atomic E-state index is 9.22. The molecule has 0 spiro atoms. The maximum Gasteiger partial charge on any atom is 0.212 e. The number of hydrogen-bond acceptors (Lipinski definition) is 5. The second-order valence-corrected chi connectivity index (χ2v) is 6.63. The van der Waals surface area contributed by atoms with E-state index in [-0.39, 0.29) is 0 Å². The van der Waals surface area contributed by atoms with Crippen LogP contribution in [0.15, 0.2) is 59.7 Å². The molecular formula is C21H21N7. The van der Waals surface area contributed by atoms with Crippen molar-refractivity contribution in [3.63, 3.8) is 0 Å². The summed E-state index contributed by atoms with van der Waals surface area (Å²) >= 11 is 0. The number of benzene rings is 1. The molecule has 28 heavy (non-hydrogen) atoms. The molecular weight excluding hydrogens is 350 g/mol. The Morgan fingerprint density at radius 3 is 2.68 bits per heavy atom. The van der Waals surface area contributed by atoms with Gasteiger partial charge in [-0.3, -0.25) is 10.3 Å². The highest BCUT2D eigenvalue weighted by Crippen LogP contribution is 2.24. The summed E-state index contributed by atoms with van der Waals surface area (Å²) in [4.78, 5) is 18.1. The van der Waals surface area contributed by atoms with E-state index in [9.17, 15) is 5.26 Å². The standard InChI is InChI=1S/C21H21N7/c1-16-5-2-9-20(25-16)27-11-13-28(14-12-27)21(24-15-22)26-19-8-3-7-18-17(19)6-4-10-23-18/h2-10H,11-14H2,1H3,(H,24,26). The quantitative estimate of drug-likeness (QED) is 0.323. The van der Waals surface area contributed by atoms with Gasteiger partial charge in [0.05, 0.1) is 11.2 Å². The summed E-state index contributed by atoms with van der Waals surface area (Å²) in [6.07, 6.45) is 3.79. The van der Waals surface area contributed by atoms with Gasteiger partial charge >= 0.3 is 0 Å². The first kappa shape index (κ1) is 17.7. The number of hydrogen-bond donors (Lipinski definition) is 1. The van der Waals surface area contributed by atoms with Crippen LogP contribution in [0.5, 0.6) is 0 Å². The molecule has 0 atom stereocenters. The van der Waals surface area contributed by atoms with Crippen LogP contribution in [0.25, 0.3) is 10.9 Å². The molecule has 1 aliphatic heterocycles. The molecule has 0 bridgehead atoms. The number of fused-ring (bicyclic) bond motifs is 1. The molecule has 0 aliphatic carbocycles. The van der Waals surface area contributed by atoms with Gasteiger partial charge in [0.25, 0.3) is 0 Å². The first-order chi connectivity index (χ1) is 13.7. The minimum absolute atomic E-state index is 0.565. The van der Waals surface area contributed by atoms with Crippen molar-refractivity contribution in [3.8, 4) is 6.19 Å². The molecule has 0 radical (unpaired) electrons. The lowest BCUT2D eigenvalue weighted by molar-refractivity contribution is 0.376. The van der Waals surface area contributed by atoms with Crippen LogP contribution in [0, 0.1) is 18.4 Å². The van der Waals surface area contributed by atoms with Crippen molar-refractivity contribution in [2.45, 2.75) is 6.92 Å². The molecule has 3 heterocycles. The second kappa shape index (κ2) is 7.92. The van der Waals surface area contributed by atoms with Crippen molar-refractivity contribution in [1.29, 1.82) is 5.26 Å². The van der Waals surface area contributed by atoms with Gasteiger partial charge in [-0.05, 0) is 43.3 Å². The molecule has 3 aromatic rings. The van der Waals surface area contributed by atoms with Crippen molar-refractivity contribution in [1.82, 2.24) is 20.2 Å². The minimum atomic E-state index is 0.565. The Hall–Kier alpha value is -3.66. The fourth-order valence-electron chi connectivity index (χ4n) is 3.38. The van der Waals surface area contributed by atoms with Crippen LogP contribution in [0.4, 0.5) is 11.5 Å². The normalized spacial score (nSPS) is 14.8. The summed E-state index contributed by atoms with van der Waals surface area (Å²) in [7, 11) is 0. The molecule has 2 aromatic heterocycles. The predicted molar refractivity (Wildman–Crippen MR) is 110 cm³/mol. The van der Waals surface area contributed by atoms with E-state index in [1.54, 1.807) is 6.20 Å². The van der Waals surface area contributed by atoms with Gasteiger partial charge in [0.1, 0.15) is 5.82 Å². The molecule has 140 valence electrons. The highest BCUT2D eigenvalue weighted by molar-refractivity contribution is 5.94. The topological polar surface area (TPSA) is 80.4 Å². The van der Waals surface area contributed by atoms with E-state index in [2.05, 4.69) is 25.1 Å². The van der Waals surface area contributed by atoms with Crippen molar-refractivity contribution in [3.05, 3.63) is 60.4 Å². The number of aromatic nitrogens is 2. The molecule has 7 nitrogen and oxygen atoms in total. The van der Waals surface area contributed by atoms with E-state index in [1.807, 2.05) is 61.6 Å². The van der Waals surface area contributed by atoms with Crippen LogP contribution in [-0.4, -0.2) is 47.0 Å². The molecule has 7 heteroatoms. The number of aliphatic imine (C=N–C) groups is 1. The number of nitrogens with one attached hydrogen (secondary N) is 1. The molecule has 4 rings (SSSR count). The van der Waals surface area contributed by atoms with Crippen molar-refractivity contribution < 1.29 is 0 Å². The summed E-state index contributed by atoms with van der Waals surface area (Å²) in [5.41, 5.74) is 2.69. The zero-order valence-electron chi connectivity index (χ0n) is 15.7. The molecule has 1 saturated heterocycles. The van der Waals surface area contributed by atoms with E-state index < -0.39 is 0 Å². The summed E-state index contributed by atoms with van der Waals surface area (Å²) in [5.74, 6) is 1.56. The van der Waals surface area contributed by atoms with Crippen LogP contribution in [0.1, 0.15) is 5.69 Å². The molecule has 1 fully saturated rings. The number of anilines is 1. The van der Waals surface area contributed by atoms with E-state index in [1.165, 1.54) is 0 Å². The van der Waals surface area contributed by atoms with Crippen molar-refractivity contribution in [2.24, 2.45) is 4.99 Å². The Bertz CT molecular complexity index is 1040. The number of piperazine rings is 1. The summed E-state index contributed by atoms with van der Waals surface area (Å²) in [6.45, 7) is 5.15. The maximum atomic E-state index is 9.22. The number of guanidine groups is 1. The summed E-state index contributed by atoms with van der Waals surface area (Å²) in [5, 5.41) is 12.9. The average Bonchev–Trinajstić information content (AvgIpc) is 2.74. The third-order valence-corrected chi connectivity index (χ3v) is 4.79. The summed E-state index contributed by atoms with van der Waals surface area (Å²) in [6, 6.07) is 15.8. The van der Waals surface area contributed by atoms with E-state index in [4.69, 9.17) is 4.99 Å². The smallest absolute Gasteiger partial charge is 0.212 e. The molecule has 0 amide bonds. The second-order valence-electron chi connectivity index (χ2n) is 6.63. The van der Waals surface area contributed by atoms with E-state index in [0.29, 0.717) is 5.96 Å². The highest BCUT2D eigenvalue weighted by Gasteiger charge is 2.21. The number of nitrogens with zero attached hydrogens (tertiary/aromatic N) is 6. The Morgan fingerprint density at radius 1 is 1.07 bits per heavy atom. The fraction of sp³-hybridized carbons (Fsp3) is 0.238. The number of pyridine rings is 2. The fourth-order valence-corrected chi connectivity index (χ4v) is 3.38. The van der Waals surface area contributed by atoms with Crippen LogP contribution >= 0.6 is 0 Å². The van der Waals surface area contributed by atoms with Gasteiger partial charge in [-0.2, -0.15) is 5.26 Å². The number of nitriles is 1. The zero-order chi connectivity index (χ0) is 19.3. The van der Waals surface area contributed by atoms with Gasteiger partial charge in [0.2, 0.25) is 5.96 Å². The zero-order valence-corrected chi connectivity index (χ0v) is 15.7. The minimum Gasteiger partial charge on any atom is -0.353 e. The van der Waals surface area contributed by atoms with Gasteiger partial charge in [-0.15, -0.1) is 0 Å². The molecule has 1 N–H and O–H groups in total. The third-order valence-electron chi connectivity index (χ3n) is 4.79. The Morgan fingerprint density at radius 2 is 1.89 bits per heavy atom. The van der Waals surface area contributed by atoms with Gasteiger partial charge < -0.3 is 9.80 Å². The largest absolute Gasteiger partial charge is 0.353 e. The SMILES string of the molecule is Cc1cccc(N2CCN(C(=Nc3cccc4ncccc34)NC#N)CC2)n1. The first-order valence-corrected chi connectivity index (χ1v) is 9.26. The monoisotopic (exact) mass is 371 g/mol. The lowest BCUT2D eigenvalue weighted by Gasteiger charge is -2.36. The van der Waals surface area contributed by atoms with Crippen LogP contribution < -0.4 is 10.2 Å². The summed E-state index contributed by atoms with van der Waals surface area (Å²) < 4.78 is 0. The average molecular weight is 371 g/mol. The lowest BCUT2D eigenvalue weighted by atomic mass is 10.2. The lowest BCUT2D eigenvalue weighted by Crippen LogP contribution is -2.52. The molecule has 0 unspecified atom stereocenters. The Balaban J connectivity index is 1.56. The number of rotatable bonds is 2. The Kier molecular flexibility index (Phi) is 5.02. The van der Waals surface area contributed by atoms with Gasteiger partial charge in [0.15, 0.2) is 6.19 Å². The van der Waals surface area contributed by atoms with Gasteiger partial charge in [-0.1, -0.05) is 12.1 Å². The van der Waals surface area contributed by atoms with E-state index >= 15 is 0 Å². The number of aryl methyl sites for hydroxylation is 1. The predicted octanol–water partition coefficient (Wildman–Crippen LogP) is 2.82. The van der Waals surface area contributed by atoms with Crippen molar-refractivity contribution >= 4 is 28.4 Å².